The number of benzene rings is 1. The van der Waals surface area contributed by atoms with Crippen molar-refractivity contribution < 1.29 is 19.1 Å². The Bertz CT molecular complexity index is 822. The van der Waals surface area contributed by atoms with E-state index >= 15 is 0 Å². The third-order valence-corrected chi connectivity index (χ3v) is 6.47. The SMILES string of the molecule is CCCCCCN(C(=O)C(NC(=O)OC(C)(C)C)C(C)CC)C(C(=O)NC(C)CCC)c1ccccc1. The number of unbranched alkanes of at least 4 members (excludes halogenated alkanes) is 3. The first-order valence-electron chi connectivity index (χ1n) is 14.1. The van der Waals surface area contributed by atoms with Crippen LogP contribution in [0.2, 0.25) is 0 Å². The van der Waals surface area contributed by atoms with Gasteiger partial charge in [0.15, 0.2) is 0 Å². The van der Waals surface area contributed by atoms with Crippen molar-refractivity contribution in [3.8, 4) is 0 Å². The highest BCUT2D eigenvalue weighted by Crippen LogP contribution is 2.26. The predicted molar refractivity (Wildman–Crippen MR) is 150 cm³/mol. The van der Waals surface area contributed by atoms with Gasteiger partial charge in [0, 0.05) is 12.6 Å². The number of ether oxygens (including phenoxy) is 1. The van der Waals surface area contributed by atoms with E-state index in [1.807, 2.05) is 51.1 Å². The molecule has 0 saturated heterocycles. The lowest BCUT2D eigenvalue weighted by atomic mass is 9.95. The molecule has 210 valence electrons. The Labute approximate surface area is 225 Å². The molecule has 4 atom stereocenters. The van der Waals surface area contributed by atoms with Crippen LogP contribution < -0.4 is 10.6 Å². The third-order valence-electron chi connectivity index (χ3n) is 6.47. The summed E-state index contributed by atoms with van der Waals surface area (Å²) in [6, 6.07) is 7.84. The monoisotopic (exact) mass is 517 g/mol. The van der Waals surface area contributed by atoms with Crippen molar-refractivity contribution in [2.45, 2.75) is 124 Å². The average molecular weight is 518 g/mol. The van der Waals surface area contributed by atoms with Gasteiger partial charge in [0.2, 0.25) is 11.8 Å². The molecule has 0 spiro atoms. The zero-order chi connectivity index (χ0) is 28.0. The maximum atomic E-state index is 14.2. The topological polar surface area (TPSA) is 87.7 Å². The molecular weight excluding hydrogens is 466 g/mol. The molecule has 7 nitrogen and oxygen atoms in total. The Morgan fingerprint density at radius 2 is 1.57 bits per heavy atom. The molecule has 1 aromatic rings. The van der Waals surface area contributed by atoms with Gasteiger partial charge in [0.25, 0.3) is 0 Å². The van der Waals surface area contributed by atoms with E-state index in [-0.39, 0.29) is 23.8 Å². The minimum absolute atomic E-state index is 0.00833. The van der Waals surface area contributed by atoms with Gasteiger partial charge in [-0.15, -0.1) is 0 Å². The maximum absolute atomic E-state index is 14.2. The lowest BCUT2D eigenvalue weighted by Crippen LogP contribution is -2.55. The first-order chi connectivity index (χ1) is 17.4. The highest BCUT2D eigenvalue weighted by molar-refractivity contribution is 5.92. The van der Waals surface area contributed by atoms with Gasteiger partial charge in [-0.25, -0.2) is 4.79 Å². The molecule has 0 saturated carbocycles. The van der Waals surface area contributed by atoms with Crippen molar-refractivity contribution in [1.29, 1.82) is 0 Å². The van der Waals surface area contributed by atoms with Crippen molar-refractivity contribution in [2.24, 2.45) is 5.92 Å². The van der Waals surface area contributed by atoms with Gasteiger partial charge in [-0.1, -0.05) is 90.1 Å². The van der Waals surface area contributed by atoms with E-state index in [0.717, 1.165) is 44.1 Å². The van der Waals surface area contributed by atoms with Gasteiger partial charge in [-0.3, -0.25) is 9.59 Å². The molecule has 1 aromatic carbocycles. The van der Waals surface area contributed by atoms with E-state index in [1.54, 1.807) is 25.7 Å². The molecule has 37 heavy (non-hydrogen) atoms. The van der Waals surface area contributed by atoms with Crippen LogP contribution in [-0.2, 0) is 14.3 Å². The summed E-state index contributed by atoms with van der Waals surface area (Å²) in [6.45, 7) is 15.9. The molecule has 0 aliphatic carbocycles. The molecule has 0 fully saturated rings. The van der Waals surface area contributed by atoms with Crippen LogP contribution in [0.4, 0.5) is 4.79 Å². The van der Waals surface area contributed by atoms with Crippen LogP contribution in [0.5, 0.6) is 0 Å². The smallest absolute Gasteiger partial charge is 0.408 e. The summed E-state index contributed by atoms with van der Waals surface area (Å²) in [5.74, 6) is -0.600. The second-order valence-corrected chi connectivity index (χ2v) is 11.1. The predicted octanol–water partition coefficient (Wildman–Crippen LogP) is 6.38. The van der Waals surface area contributed by atoms with Crippen LogP contribution in [0.3, 0.4) is 0 Å². The van der Waals surface area contributed by atoms with E-state index in [4.69, 9.17) is 4.74 Å². The van der Waals surface area contributed by atoms with Crippen LogP contribution in [0.1, 0.15) is 112 Å². The molecule has 0 aliphatic rings. The summed E-state index contributed by atoms with van der Waals surface area (Å²) in [5, 5.41) is 5.95. The molecule has 0 heterocycles. The lowest BCUT2D eigenvalue weighted by molar-refractivity contribution is -0.143. The minimum Gasteiger partial charge on any atom is -0.444 e. The molecule has 3 amide bonds. The standard InChI is InChI=1S/C30H51N3O4/c1-9-12-13-17-21-33(28(35)25(22(4)11-3)32-29(36)37-30(6,7)8)26(24-19-15-14-16-20-24)27(34)31-23(5)18-10-2/h14-16,19-20,22-23,25-26H,9-13,17-18,21H2,1-8H3,(H,31,34)(H,32,36). The zero-order valence-corrected chi connectivity index (χ0v) is 24.4. The highest BCUT2D eigenvalue weighted by atomic mass is 16.6. The molecule has 4 unspecified atom stereocenters. The number of rotatable bonds is 15. The molecule has 2 N–H and O–H groups in total. The van der Waals surface area contributed by atoms with E-state index in [9.17, 15) is 14.4 Å². The van der Waals surface area contributed by atoms with Crippen LogP contribution in [-0.4, -0.2) is 47.0 Å². The fraction of sp³-hybridized carbons (Fsp3) is 0.700. The summed E-state index contributed by atoms with van der Waals surface area (Å²) in [7, 11) is 0. The van der Waals surface area contributed by atoms with Crippen molar-refractivity contribution in [2.75, 3.05) is 6.54 Å². The van der Waals surface area contributed by atoms with Crippen molar-refractivity contribution >= 4 is 17.9 Å². The second kappa shape index (κ2) is 16.3. The van der Waals surface area contributed by atoms with Crippen LogP contribution in [0.15, 0.2) is 30.3 Å². The second-order valence-electron chi connectivity index (χ2n) is 11.1. The number of alkyl carbamates (subject to hydrolysis) is 1. The summed E-state index contributed by atoms with van der Waals surface area (Å²) in [4.78, 5) is 42.3. The minimum atomic E-state index is -0.807. The molecule has 0 aliphatic heterocycles. The fourth-order valence-electron chi connectivity index (χ4n) is 4.31. The van der Waals surface area contributed by atoms with Gasteiger partial charge in [-0.2, -0.15) is 0 Å². The number of hydrogen-bond acceptors (Lipinski definition) is 4. The number of carbonyl (C=O) groups excluding carboxylic acids is 3. The Kier molecular flexibility index (Phi) is 14.3. The third kappa shape index (κ3) is 11.6. The van der Waals surface area contributed by atoms with E-state index in [0.29, 0.717) is 13.0 Å². The summed E-state index contributed by atoms with van der Waals surface area (Å²) >= 11 is 0. The van der Waals surface area contributed by atoms with Gasteiger partial charge >= 0.3 is 6.09 Å². The molecule has 0 aromatic heterocycles. The fourth-order valence-corrected chi connectivity index (χ4v) is 4.31. The quantitative estimate of drug-likeness (QED) is 0.264. The summed E-state index contributed by atoms with van der Waals surface area (Å²) < 4.78 is 5.48. The van der Waals surface area contributed by atoms with Crippen molar-refractivity contribution in [1.82, 2.24) is 15.5 Å². The average Bonchev–Trinajstić information content (AvgIpc) is 2.83. The first-order valence-corrected chi connectivity index (χ1v) is 14.1. The van der Waals surface area contributed by atoms with Crippen molar-refractivity contribution in [3.63, 3.8) is 0 Å². The lowest BCUT2D eigenvalue weighted by Gasteiger charge is -2.36. The number of carbonyl (C=O) groups is 3. The molecule has 1 rings (SSSR count). The Morgan fingerprint density at radius 3 is 2.11 bits per heavy atom. The largest absolute Gasteiger partial charge is 0.444 e. The van der Waals surface area contributed by atoms with Crippen LogP contribution in [0, 0.1) is 5.92 Å². The molecule has 7 heteroatoms. The van der Waals surface area contributed by atoms with Gasteiger partial charge in [0.1, 0.15) is 17.7 Å². The van der Waals surface area contributed by atoms with Crippen LogP contribution >= 0.6 is 0 Å². The van der Waals surface area contributed by atoms with E-state index in [2.05, 4.69) is 24.5 Å². The van der Waals surface area contributed by atoms with E-state index < -0.39 is 23.8 Å². The number of amides is 3. The Morgan fingerprint density at radius 1 is 0.919 bits per heavy atom. The molecular formula is C30H51N3O4. The first kappa shape index (κ1) is 32.5. The number of nitrogens with zero attached hydrogens (tertiary/aromatic N) is 1. The summed E-state index contributed by atoms with van der Waals surface area (Å²) in [6.07, 6.45) is 5.73. The van der Waals surface area contributed by atoms with Gasteiger partial charge in [0.05, 0.1) is 0 Å². The highest BCUT2D eigenvalue weighted by Gasteiger charge is 2.38. The summed E-state index contributed by atoms with van der Waals surface area (Å²) in [5.41, 5.74) is 0.0715. The maximum Gasteiger partial charge on any atom is 0.408 e. The zero-order valence-electron chi connectivity index (χ0n) is 24.4. The van der Waals surface area contributed by atoms with Gasteiger partial charge < -0.3 is 20.3 Å². The van der Waals surface area contributed by atoms with Gasteiger partial charge in [-0.05, 0) is 52.0 Å². The normalized spacial score (nSPS) is 14.7. The number of hydrogen-bond donors (Lipinski definition) is 2. The van der Waals surface area contributed by atoms with Crippen LogP contribution in [0.25, 0.3) is 0 Å². The molecule has 0 radical (unpaired) electrons. The Hall–Kier alpha value is -2.57. The van der Waals surface area contributed by atoms with Crippen molar-refractivity contribution in [3.05, 3.63) is 35.9 Å². The number of nitrogens with one attached hydrogen (secondary N) is 2. The van der Waals surface area contributed by atoms with E-state index in [1.165, 1.54) is 0 Å². The Balaban J connectivity index is 3.45. The molecule has 0 bridgehead atoms.